The first kappa shape index (κ1) is 13.6. The second kappa shape index (κ2) is 5.96. The van der Waals surface area contributed by atoms with E-state index in [0.29, 0.717) is 12.1 Å². The van der Waals surface area contributed by atoms with Gasteiger partial charge < -0.3 is 10.6 Å². The van der Waals surface area contributed by atoms with Crippen molar-refractivity contribution in [3.63, 3.8) is 0 Å². The van der Waals surface area contributed by atoms with Crippen molar-refractivity contribution in [2.75, 3.05) is 6.54 Å². The highest BCUT2D eigenvalue weighted by Crippen LogP contribution is 2.26. The van der Waals surface area contributed by atoms with Crippen LogP contribution in [0.4, 0.5) is 0 Å². The highest BCUT2D eigenvalue weighted by atomic mass is 16.1. The first-order valence-electron chi connectivity index (χ1n) is 7.83. The molecule has 20 heavy (non-hydrogen) atoms. The number of rotatable bonds is 3. The first-order chi connectivity index (χ1) is 9.72. The highest BCUT2D eigenvalue weighted by Gasteiger charge is 2.27. The van der Waals surface area contributed by atoms with Gasteiger partial charge >= 0.3 is 0 Å². The largest absolute Gasteiger partial charge is 0.354 e. The van der Waals surface area contributed by atoms with Gasteiger partial charge in [0.15, 0.2) is 0 Å². The minimum absolute atomic E-state index is 0.133. The average Bonchev–Trinajstić information content (AvgIpc) is 2.89. The molecule has 1 aliphatic carbocycles. The smallest absolute Gasteiger partial charge is 0.223 e. The number of piperidine rings is 1. The van der Waals surface area contributed by atoms with Gasteiger partial charge in [0, 0.05) is 24.5 Å². The van der Waals surface area contributed by atoms with E-state index in [1.807, 2.05) is 0 Å². The molecule has 2 N–H and O–H groups in total. The Morgan fingerprint density at radius 2 is 1.95 bits per heavy atom. The first-order valence-corrected chi connectivity index (χ1v) is 7.83. The van der Waals surface area contributed by atoms with Crippen molar-refractivity contribution >= 4 is 5.91 Å². The number of hydrogen-bond acceptors (Lipinski definition) is 2. The molecule has 3 nitrogen and oxygen atoms in total. The second-order valence-corrected chi connectivity index (χ2v) is 6.31. The Hall–Kier alpha value is -1.35. The fraction of sp³-hybridized carbons (Fsp3) is 0.588. The van der Waals surface area contributed by atoms with Crippen LogP contribution in [-0.4, -0.2) is 24.5 Å². The van der Waals surface area contributed by atoms with Gasteiger partial charge in [-0.05, 0) is 43.7 Å². The molecule has 1 aliphatic heterocycles. The van der Waals surface area contributed by atoms with E-state index in [2.05, 4.69) is 41.8 Å². The van der Waals surface area contributed by atoms with Gasteiger partial charge in [0.1, 0.15) is 0 Å². The van der Waals surface area contributed by atoms with Crippen molar-refractivity contribution in [3.8, 4) is 0 Å². The topological polar surface area (TPSA) is 41.1 Å². The van der Waals surface area contributed by atoms with E-state index in [1.165, 1.54) is 30.4 Å². The fourth-order valence-corrected chi connectivity index (χ4v) is 3.51. The van der Waals surface area contributed by atoms with Crippen LogP contribution >= 0.6 is 0 Å². The molecule has 108 valence electrons. The SMILES string of the molecule is CC1CCCC(CNC(=O)C2Cc3ccccc3C2)N1. The molecule has 3 rings (SSSR count). The van der Waals surface area contributed by atoms with Gasteiger partial charge in [-0.15, -0.1) is 0 Å². The number of carbonyl (C=O) groups is 1. The van der Waals surface area contributed by atoms with Crippen molar-refractivity contribution in [1.29, 1.82) is 0 Å². The Labute approximate surface area is 121 Å². The van der Waals surface area contributed by atoms with Crippen LogP contribution in [0.15, 0.2) is 24.3 Å². The lowest BCUT2D eigenvalue weighted by molar-refractivity contribution is -0.124. The average molecular weight is 272 g/mol. The quantitative estimate of drug-likeness (QED) is 0.884. The Morgan fingerprint density at radius 3 is 2.60 bits per heavy atom. The van der Waals surface area contributed by atoms with Crippen LogP contribution in [0.5, 0.6) is 0 Å². The number of benzene rings is 1. The fourth-order valence-electron chi connectivity index (χ4n) is 3.51. The maximum Gasteiger partial charge on any atom is 0.223 e. The molecular formula is C17H24N2O. The summed E-state index contributed by atoms with van der Waals surface area (Å²) in [5, 5.41) is 6.71. The summed E-state index contributed by atoms with van der Waals surface area (Å²) < 4.78 is 0. The van der Waals surface area contributed by atoms with Gasteiger partial charge in [0.05, 0.1) is 0 Å². The van der Waals surface area contributed by atoms with Crippen LogP contribution in [-0.2, 0) is 17.6 Å². The lowest BCUT2D eigenvalue weighted by Gasteiger charge is -2.29. The molecule has 3 heteroatoms. The number of hydrogen-bond donors (Lipinski definition) is 2. The zero-order chi connectivity index (χ0) is 13.9. The molecule has 1 aromatic carbocycles. The molecule has 0 aromatic heterocycles. The number of carbonyl (C=O) groups excluding carboxylic acids is 1. The lowest BCUT2D eigenvalue weighted by atomic mass is 9.99. The summed E-state index contributed by atoms with van der Waals surface area (Å²) >= 11 is 0. The molecule has 1 saturated heterocycles. The van der Waals surface area contributed by atoms with Crippen LogP contribution in [0, 0.1) is 5.92 Å². The Morgan fingerprint density at radius 1 is 1.25 bits per heavy atom. The Kier molecular flexibility index (Phi) is 4.06. The molecule has 1 fully saturated rings. The molecule has 2 unspecified atom stereocenters. The van der Waals surface area contributed by atoms with Gasteiger partial charge in [-0.3, -0.25) is 4.79 Å². The third kappa shape index (κ3) is 3.04. The second-order valence-electron chi connectivity index (χ2n) is 6.31. The van der Waals surface area contributed by atoms with Crippen LogP contribution in [0.2, 0.25) is 0 Å². The zero-order valence-electron chi connectivity index (χ0n) is 12.2. The highest BCUT2D eigenvalue weighted by molar-refractivity contribution is 5.80. The summed E-state index contributed by atoms with van der Waals surface area (Å²) in [6, 6.07) is 9.45. The van der Waals surface area contributed by atoms with E-state index in [9.17, 15) is 4.79 Å². The van der Waals surface area contributed by atoms with Crippen molar-refractivity contribution in [2.24, 2.45) is 5.92 Å². The van der Waals surface area contributed by atoms with Gasteiger partial charge in [0.25, 0.3) is 0 Å². The van der Waals surface area contributed by atoms with Crippen molar-refractivity contribution in [1.82, 2.24) is 10.6 Å². The molecule has 1 amide bonds. The summed E-state index contributed by atoms with van der Waals surface area (Å²) in [5.41, 5.74) is 2.69. The van der Waals surface area contributed by atoms with E-state index in [-0.39, 0.29) is 11.8 Å². The zero-order valence-corrected chi connectivity index (χ0v) is 12.2. The summed E-state index contributed by atoms with van der Waals surface area (Å²) in [7, 11) is 0. The van der Waals surface area contributed by atoms with Crippen LogP contribution in [0.3, 0.4) is 0 Å². The van der Waals surface area contributed by atoms with Crippen molar-refractivity contribution < 1.29 is 4.79 Å². The van der Waals surface area contributed by atoms with Crippen molar-refractivity contribution in [3.05, 3.63) is 35.4 Å². The normalized spacial score (nSPS) is 26.2. The Bertz CT molecular complexity index is 461. The minimum atomic E-state index is 0.133. The number of fused-ring (bicyclic) bond motifs is 1. The standard InChI is InChI=1S/C17H24N2O/c1-12-5-4-8-16(19-12)11-18-17(20)15-9-13-6-2-3-7-14(13)10-15/h2-3,6-7,12,15-16,19H,4-5,8-11H2,1H3,(H,18,20). The van der Waals surface area contributed by atoms with E-state index in [4.69, 9.17) is 0 Å². The van der Waals surface area contributed by atoms with Gasteiger partial charge in [-0.2, -0.15) is 0 Å². The van der Waals surface area contributed by atoms with E-state index < -0.39 is 0 Å². The summed E-state index contributed by atoms with van der Waals surface area (Å²) in [4.78, 5) is 12.3. The molecular weight excluding hydrogens is 248 g/mol. The van der Waals surface area contributed by atoms with Crippen molar-refractivity contribution in [2.45, 2.75) is 51.1 Å². The van der Waals surface area contributed by atoms with E-state index >= 15 is 0 Å². The summed E-state index contributed by atoms with van der Waals surface area (Å²) in [6.07, 6.45) is 5.49. The molecule has 2 atom stereocenters. The maximum atomic E-state index is 12.3. The van der Waals surface area contributed by atoms with Gasteiger partial charge in [-0.1, -0.05) is 30.7 Å². The number of amides is 1. The monoisotopic (exact) mass is 272 g/mol. The van der Waals surface area contributed by atoms with Crippen LogP contribution in [0.25, 0.3) is 0 Å². The molecule has 0 bridgehead atoms. The minimum Gasteiger partial charge on any atom is -0.354 e. The predicted molar refractivity (Wildman–Crippen MR) is 80.6 cm³/mol. The van der Waals surface area contributed by atoms with Crippen LogP contribution in [0.1, 0.15) is 37.3 Å². The molecule has 0 radical (unpaired) electrons. The maximum absolute atomic E-state index is 12.3. The molecule has 2 aliphatic rings. The molecule has 0 saturated carbocycles. The molecule has 1 aromatic rings. The third-order valence-corrected chi connectivity index (χ3v) is 4.65. The van der Waals surface area contributed by atoms with E-state index in [1.54, 1.807) is 0 Å². The lowest BCUT2D eigenvalue weighted by Crippen LogP contribution is -2.48. The number of nitrogens with one attached hydrogen (secondary N) is 2. The summed E-state index contributed by atoms with van der Waals surface area (Å²) in [6.45, 7) is 3.00. The molecule has 1 heterocycles. The van der Waals surface area contributed by atoms with E-state index in [0.717, 1.165) is 19.4 Å². The predicted octanol–water partition coefficient (Wildman–Crippen LogP) is 2.05. The van der Waals surface area contributed by atoms with Gasteiger partial charge in [-0.25, -0.2) is 0 Å². The van der Waals surface area contributed by atoms with Crippen LogP contribution < -0.4 is 10.6 Å². The van der Waals surface area contributed by atoms with Gasteiger partial charge in [0.2, 0.25) is 5.91 Å². The third-order valence-electron chi connectivity index (χ3n) is 4.65. The summed E-state index contributed by atoms with van der Waals surface area (Å²) in [5.74, 6) is 0.356. The molecule has 0 spiro atoms. The Balaban J connectivity index is 1.49.